The molecule has 0 aliphatic carbocycles. The normalized spacial score (nSPS) is 13.0. The van der Waals surface area contributed by atoms with Gasteiger partial charge in [0.1, 0.15) is 0 Å². The van der Waals surface area contributed by atoms with Crippen molar-refractivity contribution in [1.29, 1.82) is 0 Å². The van der Waals surface area contributed by atoms with E-state index in [2.05, 4.69) is 15.9 Å². The fraction of sp³-hybridized carbons (Fsp3) is 0.455. The molecule has 1 aromatic rings. The van der Waals surface area contributed by atoms with Gasteiger partial charge in [-0.3, -0.25) is 10.1 Å². The number of ether oxygens (including phenoxy) is 1. The van der Waals surface area contributed by atoms with Crippen molar-refractivity contribution < 1.29 is 27.9 Å². The molecule has 10 heteroatoms. The van der Waals surface area contributed by atoms with Crippen LogP contribution in [0.1, 0.15) is 18.6 Å². The highest BCUT2D eigenvalue weighted by molar-refractivity contribution is 9.10. The summed E-state index contributed by atoms with van der Waals surface area (Å²) in [7, 11) is 0. The first kappa shape index (κ1) is 18.1. The minimum Gasteiger partial charge on any atom is -0.486 e. The number of halogens is 4. The minimum atomic E-state index is -4.39. The Labute approximate surface area is 130 Å². The van der Waals surface area contributed by atoms with E-state index in [0.717, 1.165) is 6.07 Å². The summed E-state index contributed by atoms with van der Waals surface area (Å²) in [5.74, 6) is -0.628. The van der Waals surface area contributed by atoms with Crippen LogP contribution in [0.4, 0.5) is 18.9 Å². The van der Waals surface area contributed by atoms with Gasteiger partial charge in [-0.15, -0.1) is 0 Å². The fourth-order valence-electron chi connectivity index (χ4n) is 1.50. The zero-order valence-corrected chi connectivity index (χ0v) is 13.1. The zero-order chi connectivity index (χ0) is 16.2. The largest absolute Gasteiger partial charge is 0.486 e. The number of benzene rings is 1. The molecule has 1 unspecified atom stereocenters. The molecule has 21 heavy (non-hydrogen) atoms. The van der Waals surface area contributed by atoms with E-state index >= 15 is 0 Å². The van der Waals surface area contributed by atoms with E-state index < -0.39 is 28.0 Å². The van der Waals surface area contributed by atoms with E-state index in [-0.39, 0.29) is 29.7 Å². The van der Waals surface area contributed by atoms with Crippen molar-refractivity contribution in [1.82, 2.24) is 0 Å². The van der Waals surface area contributed by atoms with Gasteiger partial charge in [-0.05, 0) is 24.8 Å². The third kappa shape index (κ3) is 5.71. The Morgan fingerprint density at radius 2 is 2.14 bits per heavy atom. The second kappa shape index (κ2) is 7.32. The van der Waals surface area contributed by atoms with Crippen molar-refractivity contribution in [3.05, 3.63) is 32.3 Å². The van der Waals surface area contributed by atoms with Crippen LogP contribution in [0.25, 0.3) is 0 Å². The SMILES string of the molecule is CC(O)c1cc(Br)cc([N+](=O)[O-])c1OCCSC(F)(F)F. The molecule has 1 rings (SSSR count). The monoisotopic (exact) mass is 389 g/mol. The molecule has 5 nitrogen and oxygen atoms in total. The predicted molar refractivity (Wildman–Crippen MR) is 75.4 cm³/mol. The maximum atomic E-state index is 12.0. The molecule has 1 aromatic carbocycles. The molecule has 0 bridgehead atoms. The van der Waals surface area contributed by atoms with E-state index in [1.807, 2.05) is 0 Å². The topological polar surface area (TPSA) is 72.6 Å². The van der Waals surface area contributed by atoms with Crippen LogP contribution in [0.3, 0.4) is 0 Å². The number of aliphatic hydroxyl groups excluding tert-OH is 1. The standard InChI is InChI=1S/C11H11BrF3NO4S/c1-6(17)8-4-7(12)5-9(16(18)19)10(8)20-2-3-21-11(13,14)15/h4-6,17H,2-3H2,1H3. The van der Waals surface area contributed by atoms with Crippen LogP contribution in [-0.4, -0.2) is 27.9 Å². The molecular weight excluding hydrogens is 379 g/mol. The summed E-state index contributed by atoms with van der Waals surface area (Å²) in [5.41, 5.74) is -4.67. The van der Waals surface area contributed by atoms with Crippen LogP contribution in [0.5, 0.6) is 5.75 Å². The van der Waals surface area contributed by atoms with Crippen LogP contribution >= 0.6 is 27.7 Å². The first-order valence-corrected chi connectivity index (χ1v) is 7.39. The first-order valence-electron chi connectivity index (χ1n) is 5.61. The predicted octanol–water partition coefficient (Wildman–Crippen LogP) is 4.04. The van der Waals surface area contributed by atoms with E-state index in [4.69, 9.17) is 4.74 Å². The number of aliphatic hydroxyl groups is 1. The molecule has 0 spiro atoms. The Hall–Kier alpha value is -1.00. The number of thioether (sulfide) groups is 1. The summed E-state index contributed by atoms with van der Waals surface area (Å²) < 4.78 is 41.5. The Bertz CT molecular complexity index is 525. The van der Waals surface area contributed by atoms with Crippen LogP contribution in [0, 0.1) is 10.1 Å². The maximum Gasteiger partial charge on any atom is 0.441 e. The molecule has 1 N–H and O–H groups in total. The van der Waals surface area contributed by atoms with Gasteiger partial charge < -0.3 is 9.84 Å². The van der Waals surface area contributed by atoms with Crippen molar-refractivity contribution in [3.8, 4) is 5.75 Å². The average Bonchev–Trinajstić information content (AvgIpc) is 2.33. The number of alkyl halides is 3. The third-order valence-electron chi connectivity index (χ3n) is 2.31. The Morgan fingerprint density at radius 1 is 1.52 bits per heavy atom. The lowest BCUT2D eigenvalue weighted by molar-refractivity contribution is -0.386. The summed E-state index contributed by atoms with van der Waals surface area (Å²) in [6, 6.07) is 2.59. The number of rotatable bonds is 6. The number of nitro groups is 1. The van der Waals surface area contributed by atoms with Crippen molar-refractivity contribution in [3.63, 3.8) is 0 Å². The highest BCUT2D eigenvalue weighted by Crippen LogP contribution is 2.38. The maximum absolute atomic E-state index is 12.0. The fourth-order valence-corrected chi connectivity index (χ4v) is 2.37. The van der Waals surface area contributed by atoms with Gasteiger partial charge in [-0.1, -0.05) is 15.9 Å². The van der Waals surface area contributed by atoms with Gasteiger partial charge in [-0.25, -0.2) is 0 Å². The molecule has 0 saturated carbocycles. The smallest absolute Gasteiger partial charge is 0.441 e. The average molecular weight is 390 g/mol. The van der Waals surface area contributed by atoms with Crippen molar-refractivity contribution in [2.24, 2.45) is 0 Å². The van der Waals surface area contributed by atoms with Gasteiger partial charge in [0.25, 0.3) is 0 Å². The van der Waals surface area contributed by atoms with E-state index in [1.165, 1.54) is 13.0 Å². The second-order valence-corrected chi connectivity index (χ2v) is 5.99. The van der Waals surface area contributed by atoms with Crippen LogP contribution in [-0.2, 0) is 0 Å². The Morgan fingerprint density at radius 3 is 2.62 bits per heavy atom. The van der Waals surface area contributed by atoms with E-state index in [1.54, 1.807) is 0 Å². The molecule has 0 fully saturated rings. The molecule has 0 radical (unpaired) electrons. The summed E-state index contributed by atoms with van der Waals surface area (Å²) in [6.07, 6.45) is -1.06. The van der Waals surface area contributed by atoms with Crippen molar-refractivity contribution in [2.75, 3.05) is 12.4 Å². The van der Waals surface area contributed by atoms with Gasteiger partial charge in [0, 0.05) is 21.9 Å². The molecule has 0 aliphatic rings. The van der Waals surface area contributed by atoms with Gasteiger partial charge in [0.15, 0.2) is 0 Å². The van der Waals surface area contributed by atoms with Crippen LogP contribution in [0.2, 0.25) is 0 Å². The Kier molecular flexibility index (Phi) is 6.29. The third-order valence-corrected chi connectivity index (χ3v) is 3.46. The van der Waals surface area contributed by atoms with Crippen molar-refractivity contribution >= 4 is 33.4 Å². The summed E-state index contributed by atoms with van der Waals surface area (Å²) in [4.78, 5) is 10.3. The first-order chi connectivity index (χ1) is 9.61. The number of nitro benzene ring substituents is 1. The highest BCUT2D eigenvalue weighted by Gasteiger charge is 2.28. The number of hydrogen-bond acceptors (Lipinski definition) is 5. The van der Waals surface area contributed by atoms with Gasteiger partial charge in [-0.2, -0.15) is 13.2 Å². The van der Waals surface area contributed by atoms with E-state index in [0.29, 0.717) is 4.47 Å². The molecule has 118 valence electrons. The summed E-state index contributed by atoms with van der Waals surface area (Å²) in [5, 5.41) is 20.6. The summed E-state index contributed by atoms with van der Waals surface area (Å²) in [6.45, 7) is 1.01. The molecule has 0 heterocycles. The highest BCUT2D eigenvalue weighted by atomic mass is 79.9. The minimum absolute atomic E-state index is 0.132. The van der Waals surface area contributed by atoms with Crippen LogP contribution < -0.4 is 4.74 Å². The van der Waals surface area contributed by atoms with Crippen molar-refractivity contribution in [2.45, 2.75) is 18.5 Å². The summed E-state index contributed by atoms with van der Waals surface area (Å²) >= 11 is 2.79. The molecule has 0 amide bonds. The molecule has 0 saturated heterocycles. The number of hydrogen-bond donors (Lipinski definition) is 1. The molecule has 0 aliphatic heterocycles. The van der Waals surface area contributed by atoms with Gasteiger partial charge >= 0.3 is 11.2 Å². The lowest BCUT2D eigenvalue weighted by Crippen LogP contribution is -2.10. The molecule has 0 aromatic heterocycles. The molecular formula is C11H11BrF3NO4S. The molecule has 1 atom stereocenters. The lowest BCUT2D eigenvalue weighted by Gasteiger charge is -2.14. The van der Waals surface area contributed by atoms with E-state index in [9.17, 15) is 28.4 Å². The number of nitrogens with zero attached hydrogens (tertiary/aromatic N) is 1. The van der Waals surface area contributed by atoms with Gasteiger partial charge in [0.05, 0.1) is 17.6 Å². The van der Waals surface area contributed by atoms with Gasteiger partial charge in [0.2, 0.25) is 5.75 Å². The zero-order valence-electron chi connectivity index (χ0n) is 10.7. The second-order valence-electron chi connectivity index (χ2n) is 3.92. The quantitative estimate of drug-likeness (QED) is 0.451. The van der Waals surface area contributed by atoms with Crippen LogP contribution in [0.15, 0.2) is 16.6 Å². The Balaban J connectivity index is 2.95. The lowest BCUT2D eigenvalue weighted by atomic mass is 10.1.